The first-order valence-corrected chi connectivity index (χ1v) is 9.38. The van der Waals surface area contributed by atoms with Gasteiger partial charge in [-0.2, -0.15) is 5.10 Å². The summed E-state index contributed by atoms with van der Waals surface area (Å²) in [5.74, 6) is -0.618. The number of amides is 1. The highest BCUT2D eigenvalue weighted by molar-refractivity contribution is 7.92. The summed E-state index contributed by atoms with van der Waals surface area (Å²) in [4.78, 5) is 12.3. The summed E-state index contributed by atoms with van der Waals surface area (Å²) in [5, 5.41) is 10.3. The Morgan fingerprint density at radius 3 is 2.96 bits per heavy atom. The third-order valence-corrected chi connectivity index (χ3v) is 5.30. The molecule has 126 valence electrons. The zero-order valence-electron chi connectivity index (χ0n) is 12.6. The fraction of sp³-hybridized carbons (Fsp3) is 0.231. The predicted molar refractivity (Wildman–Crippen MR) is 89.6 cm³/mol. The van der Waals surface area contributed by atoms with Gasteiger partial charge in [0.05, 0.1) is 22.7 Å². The van der Waals surface area contributed by atoms with Crippen LogP contribution in [0.1, 0.15) is 15.4 Å². The molecule has 3 aromatic rings. The number of hydrogen-bond donors (Lipinski definition) is 2. The Morgan fingerprint density at radius 1 is 1.38 bits per heavy atom. The van der Waals surface area contributed by atoms with E-state index in [2.05, 4.69) is 24.7 Å². The van der Waals surface area contributed by atoms with Crippen LogP contribution in [0.2, 0.25) is 0 Å². The molecule has 0 aromatic carbocycles. The minimum absolute atomic E-state index is 0.0135. The topological polar surface area (TPSA) is 118 Å². The molecule has 11 heteroatoms. The second kappa shape index (κ2) is 6.53. The molecule has 0 spiro atoms. The summed E-state index contributed by atoms with van der Waals surface area (Å²) in [5.41, 5.74) is 1.74. The molecule has 0 saturated heterocycles. The second-order valence-electron chi connectivity index (χ2n) is 4.98. The summed E-state index contributed by atoms with van der Waals surface area (Å²) in [6.45, 7) is 1.66. The molecule has 3 aromatic heterocycles. The summed E-state index contributed by atoms with van der Waals surface area (Å²) < 4.78 is 32.0. The van der Waals surface area contributed by atoms with Crippen molar-refractivity contribution in [1.82, 2.24) is 24.5 Å². The molecule has 0 aliphatic rings. The lowest BCUT2D eigenvalue weighted by atomic mass is 10.4. The van der Waals surface area contributed by atoms with E-state index in [1.54, 1.807) is 42.0 Å². The van der Waals surface area contributed by atoms with Gasteiger partial charge in [0.15, 0.2) is 0 Å². The van der Waals surface area contributed by atoms with Gasteiger partial charge in [0.1, 0.15) is 4.88 Å². The van der Waals surface area contributed by atoms with Gasteiger partial charge in [-0.05, 0) is 36.7 Å². The van der Waals surface area contributed by atoms with Crippen LogP contribution in [0.5, 0.6) is 0 Å². The third kappa shape index (κ3) is 3.68. The smallest absolute Gasteiger partial charge is 0.264 e. The van der Waals surface area contributed by atoms with Crippen molar-refractivity contribution < 1.29 is 13.2 Å². The largest absolute Gasteiger partial charge is 0.350 e. The minimum Gasteiger partial charge on any atom is -0.350 e. The van der Waals surface area contributed by atoms with Crippen LogP contribution in [0.4, 0.5) is 5.69 Å². The number of aromatic nitrogens is 4. The first-order valence-electron chi connectivity index (χ1n) is 6.96. The molecule has 2 N–H and O–H groups in total. The molecule has 0 fully saturated rings. The average molecular weight is 366 g/mol. The molecule has 3 rings (SSSR count). The number of rotatable bonds is 6. The molecule has 0 aliphatic carbocycles. The number of carbonyl (C=O) groups excluding carboxylic acids is 1. The number of aryl methyl sites for hydroxylation is 1. The first kappa shape index (κ1) is 16.3. The maximum Gasteiger partial charge on any atom is 0.264 e. The van der Waals surface area contributed by atoms with Crippen molar-refractivity contribution in [3.63, 3.8) is 0 Å². The molecule has 9 nitrogen and oxygen atoms in total. The van der Waals surface area contributed by atoms with E-state index in [0.717, 1.165) is 17.0 Å². The van der Waals surface area contributed by atoms with Crippen LogP contribution < -0.4 is 10.0 Å². The van der Waals surface area contributed by atoms with E-state index < -0.39 is 10.0 Å². The Morgan fingerprint density at radius 2 is 2.21 bits per heavy atom. The Kier molecular flexibility index (Phi) is 4.44. The summed E-state index contributed by atoms with van der Waals surface area (Å²) in [6, 6.07) is 5.06. The quantitative estimate of drug-likeness (QED) is 0.662. The van der Waals surface area contributed by atoms with Crippen molar-refractivity contribution >= 4 is 38.7 Å². The number of pyridine rings is 1. The monoisotopic (exact) mass is 366 g/mol. The average Bonchev–Trinajstić information content (AvgIpc) is 3.14. The molecule has 0 aliphatic heterocycles. The van der Waals surface area contributed by atoms with Crippen LogP contribution >= 0.6 is 11.5 Å². The SMILES string of the molecule is Cc1nnsc1C(=O)NCCS(=O)(=O)Nc1ccn2nccc2c1. The van der Waals surface area contributed by atoms with Crippen LogP contribution in [0.25, 0.3) is 5.52 Å². The van der Waals surface area contributed by atoms with Crippen LogP contribution in [-0.4, -0.2) is 45.8 Å². The van der Waals surface area contributed by atoms with Crippen molar-refractivity contribution in [2.45, 2.75) is 6.92 Å². The number of sulfonamides is 1. The standard InChI is InChI=1S/C13H14N6O3S2/c1-9-12(23-18-16-9)13(20)14-5-7-24(21,22)17-10-3-6-19-11(8-10)2-4-15-19/h2-4,6,8,17H,5,7H2,1H3,(H,14,20). The van der Waals surface area contributed by atoms with E-state index in [4.69, 9.17) is 0 Å². The molecule has 0 bridgehead atoms. The highest BCUT2D eigenvalue weighted by Crippen LogP contribution is 2.13. The van der Waals surface area contributed by atoms with Gasteiger partial charge in [0.25, 0.3) is 5.91 Å². The van der Waals surface area contributed by atoms with Crippen molar-refractivity contribution in [3.8, 4) is 0 Å². The van der Waals surface area contributed by atoms with E-state index in [9.17, 15) is 13.2 Å². The lowest BCUT2D eigenvalue weighted by Gasteiger charge is -2.09. The van der Waals surface area contributed by atoms with E-state index in [1.165, 1.54) is 0 Å². The molecular weight excluding hydrogens is 352 g/mol. The fourth-order valence-corrected chi connectivity index (χ4v) is 3.57. The maximum absolute atomic E-state index is 12.1. The lowest BCUT2D eigenvalue weighted by Crippen LogP contribution is -2.31. The highest BCUT2D eigenvalue weighted by atomic mass is 32.2. The van der Waals surface area contributed by atoms with Gasteiger partial charge in [0, 0.05) is 18.9 Å². The van der Waals surface area contributed by atoms with Crippen LogP contribution in [-0.2, 0) is 10.0 Å². The summed E-state index contributed by atoms with van der Waals surface area (Å²) in [7, 11) is -3.58. The molecule has 3 heterocycles. The van der Waals surface area contributed by atoms with Crippen LogP contribution in [0, 0.1) is 6.92 Å². The first-order chi connectivity index (χ1) is 11.4. The van der Waals surface area contributed by atoms with Gasteiger partial charge in [-0.1, -0.05) is 4.49 Å². The fourth-order valence-electron chi connectivity index (χ4n) is 2.03. The van der Waals surface area contributed by atoms with Gasteiger partial charge in [-0.25, -0.2) is 12.9 Å². The second-order valence-corrected chi connectivity index (χ2v) is 7.58. The van der Waals surface area contributed by atoms with Crippen molar-refractivity contribution in [3.05, 3.63) is 41.2 Å². The zero-order valence-corrected chi connectivity index (χ0v) is 14.3. The van der Waals surface area contributed by atoms with Gasteiger partial charge in [0.2, 0.25) is 10.0 Å². The number of hydrogen-bond acceptors (Lipinski definition) is 7. The predicted octanol–water partition coefficient (Wildman–Crippen LogP) is 0.666. The van der Waals surface area contributed by atoms with Crippen LogP contribution in [0.15, 0.2) is 30.6 Å². The third-order valence-electron chi connectivity index (χ3n) is 3.19. The molecule has 0 saturated carbocycles. The number of anilines is 1. The summed E-state index contributed by atoms with van der Waals surface area (Å²) in [6.07, 6.45) is 3.29. The highest BCUT2D eigenvalue weighted by Gasteiger charge is 2.15. The molecular formula is C13H14N6O3S2. The van der Waals surface area contributed by atoms with Gasteiger partial charge in [-0.15, -0.1) is 5.10 Å². The van der Waals surface area contributed by atoms with Crippen molar-refractivity contribution in [1.29, 1.82) is 0 Å². The number of nitrogens with one attached hydrogen (secondary N) is 2. The molecule has 24 heavy (non-hydrogen) atoms. The Labute approximate surface area is 141 Å². The van der Waals surface area contributed by atoms with Gasteiger partial charge in [-0.3, -0.25) is 9.52 Å². The maximum atomic E-state index is 12.1. The summed E-state index contributed by atoms with van der Waals surface area (Å²) >= 11 is 0.974. The lowest BCUT2D eigenvalue weighted by molar-refractivity contribution is 0.0959. The number of fused-ring (bicyclic) bond motifs is 1. The Balaban J connectivity index is 1.57. The van der Waals surface area contributed by atoms with E-state index in [0.29, 0.717) is 16.3 Å². The van der Waals surface area contributed by atoms with Gasteiger partial charge < -0.3 is 5.32 Å². The minimum atomic E-state index is -3.58. The Hall–Kier alpha value is -2.53. The van der Waals surface area contributed by atoms with E-state index in [-0.39, 0.29) is 18.2 Å². The normalized spacial score (nSPS) is 11.5. The number of carbonyl (C=O) groups is 1. The van der Waals surface area contributed by atoms with Gasteiger partial charge >= 0.3 is 0 Å². The molecule has 0 unspecified atom stereocenters. The number of nitrogens with zero attached hydrogens (tertiary/aromatic N) is 4. The molecule has 0 atom stereocenters. The molecule has 1 amide bonds. The zero-order chi connectivity index (χ0) is 17.2. The van der Waals surface area contributed by atoms with Crippen molar-refractivity contribution in [2.75, 3.05) is 17.0 Å². The molecule has 0 radical (unpaired) electrons. The Bertz CT molecular complexity index is 978. The van der Waals surface area contributed by atoms with Crippen LogP contribution in [0.3, 0.4) is 0 Å². The van der Waals surface area contributed by atoms with E-state index in [1.807, 2.05) is 0 Å². The van der Waals surface area contributed by atoms with E-state index >= 15 is 0 Å². The van der Waals surface area contributed by atoms with Crippen molar-refractivity contribution in [2.24, 2.45) is 0 Å².